The van der Waals surface area contributed by atoms with E-state index in [4.69, 9.17) is 4.42 Å². The molecule has 0 aliphatic carbocycles. The highest BCUT2D eigenvalue weighted by Crippen LogP contribution is 2.32. The molecule has 0 amide bonds. The minimum absolute atomic E-state index is 0.123. The molecular weight excluding hydrogens is 237 g/mol. The molecule has 0 N–H and O–H groups in total. The third kappa shape index (κ3) is 2.11. The highest BCUT2D eigenvalue weighted by molar-refractivity contribution is 5.92. The van der Waals surface area contributed by atoms with Gasteiger partial charge in [0.25, 0.3) is 0 Å². The van der Waals surface area contributed by atoms with Gasteiger partial charge in [-0.3, -0.25) is 0 Å². The van der Waals surface area contributed by atoms with E-state index in [1.54, 1.807) is 0 Å². The number of carbonyl (C=O) groups is 1. The van der Waals surface area contributed by atoms with Crippen LogP contribution < -0.4 is 0 Å². The number of hydrogen-bond acceptors (Lipinski definition) is 3. The number of halogens is 3. The number of alkyl halides is 3. The molecule has 2 aromatic rings. The van der Waals surface area contributed by atoms with Gasteiger partial charge in [0.05, 0.1) is 12.7 Å². The van der Waals surface area contributed by atoms with Gasteiger partial charge in [0.2, 0.25) is 5.76 Å². The minimum Gasteiger partial charge on any atom is -0.463 e. The Morgan fingerprint density at radius 1 is 1.29 bits per heavy atom. The number of methoxy groups -OCH3 is 1. The van der Waals surface area contributed by atoms with Gasteiger partial charge >= 0.3 is 12.1 Å². The molecule has 3 nitrogen and oxygen atoms in total. The first-order valence-electron chi connectivity index (χ1n) is 4.61. The van der Waals surface area contributed by atoms with Crippen LogP contribution in [0.1, 0.15) is 16.1 Å². The van der Waals surface area contributed by atoms with Crippen molar-refractivity contribution in [2.45, 2.75) is 6.18 Å². The molecule has 0 saturated carbocycles. The summed E-state index contributed by atoms with van der Waals surface area (Å²) >= 11 is 0. The van der Waals surface area contributed by atoms with E-state index in [1.165, 1.54) is 12.1 Å². The van der Waals surface area contributed by atoms with E-state index in [-0.39, 0.29) is 16.7 Å². The largest absolute Gasteiger partial charge is 0.463 e. The van der Waals surface area contributed by atoms with Gasteiger partial charge in [-0.2, -0.15) is 13.2 Å². The Hall–Kier alpha value is -1.98. The number of carbonyl (C=O) groups excluding carboxylic acids is 1. The first-order chi connectivity index (χ1) is 7.91. The Bertz CT molecular complexity index is 569. The zero-order valence-corrected chi connectivity index (χ0v) is 8.67. The highest BCUT2D eigenvalue weighted by Gasteiger charge is 2.30. The SMILES string of the molecule is COC(=O)c1cc2cc(C(F)(F)F)ccc2o1. The third-order valence-corrected chi connectivity index (χ3v) is 2.23. The van der Waals surface area contributed by atoms with Crippen LogP contribution in [0.3, 0.4) is 0 Å². The van der Waals surface area contributed by atoms with Crippen LogP contribution in [0.2, 0.25) is 0 Å². The molecule has 0 spiro atoms. The van der Waals surface area contributed by atoms with E-state index in [0.29, 0.717) is 0 Å². The van der Waals surface area contributed by atoms with Crippen molar-refractivity contribution in [1.29, 1.82) is 0 Å². The number of furan rings is 1. The Morgan fingerprint density at radius 3 is 2.59 bits per heavy atom. The fraction of sp³-hybridized carbons (Fsp3) is 0.182. The van der Waals surface area contributed by atoms with Gasteiger partial charge in [-0.15, -0.1) is 0 Å². The molecule has 0 radical (unpaired) electrons. The molecule has 1 heterocycles. The third-order valence-electron chi connectivity index (χ3n) is 2.23. The molecule has 0 fully saturated rings. The van der Waals surface area contributed by atoms with Gasteiger partial charge in [-0.25, -0.2) is 4.79 Å². The average molecular weight is 244 g/mol. The average Bonchev–Trinajstić information content (AvgIpc) is 2.69. The molecule has 0 atom stereocenters. The topological polar surface area (TPSA) is 39.4 Å². The van der Waals surface area contributed by atoms with Crippen molar-refractivity contribution in [3.05, 3.63) is 35.6 Å². The van der Waals surface area contributed by atoms with Gasteiger partial charge in [0.15, 0.2) is 0 Å². The molecule has 1 aromatic heterocycles. The van der Waals surface area contributed by atoms with Crippen molar-refractivity contribution in [2.75, 3.05) is 7.11 Å². The van der Waals surface area contributed by atoms with Crippen LogP contribution in [0, 0.1) is 0 Å². The van der Waals surface area contributed by atoms with Crippen molar-refractivity contribution in [1.82, 2.24) is 0 Å². The summed E-state index contributed by atoms with van der Waals surface area (Å²) in [5.74, 6) is -0.850. The van der Waals surface area contributed by atoms with Crippen LogP contribution in [0.25, 0.3) is 11.0 Å². The van der Waals surface area contributed by atoms with Gasteiger partial charge in [-0.05, 0) is 24.3 Å². The summed E-state index contributed by atoms with van der Waals surface area (Å²) in [6.45, 7) is 0. The monoisotopic (exact) mass is 244 g/mol. The molecule has 0 saturated heterocycles. The summed E-state index contributed by atoms with van der Waals surface area (Å²) < 4.78 is 46.7. The maximum atomic E-state index is 12.4. The van der Waals surface area contributed by atoms with Crippen molar-refractivity contribution in [2.24, 2.45) is 0 Å². The van der Waals surface area contributed by atoms with Gasteiger partial charge < -0.3 is 9.15 Å². The smallest absolute Gasteiger partial charge is 0.416 e. The Balaban J connectivity index is 2.52. The molecule has 0 bridgehead atoms. The Labute approximate surface area is 93.8 Å². The number of hydrogen-bond donors (Lipinski definition) is 0. The van der Waals surface area contributed by atoms with E-state index >= 15 is 0 Å². The molecule has 1 aromatic carbocycles. The first kappa shape index (κ1) is 11.5. The zero-order chi connectivity index (χ0) is 12.6. The van der Waals surface area contributed by atoms with E-state index in [0.717, 1.165) is 19.2 Å². The molecule has 2 rings (SSSR count). The highest BCUT2D eigenvalue weighted by atomic mass is 19.4. The van der Waals surface area contributed by atoms with E-state index in [1.807, 2.05) is 0 Å². The predicted molar refractivity (Wildman–Crippen MR) is 52.6 cm³/mol. The summed E-state index contributed by atoms with van der Waals surface area (Å²) in [4.78, 5) is 11.1. The van der Waals surface area contributed by atoms with E-state index in [2.05, 4.69) is 4.74 Å². The Kier molecular flexibility index (Phi) is 2.57. The van der Waals surface area contributed by atoms with Crippen LogP contribution in [-0.2, 0) is 10.9 Å². The molecule has 0 aliphatic heterocycles. The molecule has 90 valence electrons. The quantitative estimate of drug-likeness (QED) is 0.723. The van der Waals surface area contributed by atoms with Crippen molar-refractivity contribution in [3.8, 4) is 0 Å². The second-order valence-corrected chi connectivity index (χ2v) is 3.35. The maximum absolute atomic E-state index is 12.4. The summed E-state index contributed by atoms with van der Waals surface area (Å²) in [5.41, 5.74) is -0.583. The van der Waals surface area contributed by atoms with Crippen LogP contribution >= 0.6 is 0 Å². The summed E-state index contributed by atoms with van der Waals surface area (Å²) in [5, 5.41) is 0.209. The summed E-state index contributed by atoms with van der Waals surface area (Å²) in [6, 6.07) is 4.21. The summed E-state index contributed by atoms with van der Waals surface area (Å²) in [7, 11) is 1.16. The summed E-state index contributed by atoms with van der Waals surface area (Å²) in [6.07, 6.45) is -4.42. The molecule has 0 aliphatic rings. The molecule has 6 heteroatoms. The first-order valence-corrected chi connectivity index (χ1v) is 4.61. The van der Waals surface area contributed by atoms with Crippen molar-refractivity contribution >= 4 is 16.9 Å². The lowest BCUT2D eigenvalue weighted by atomic mass is 10.1. The van der Waals surface area contributed by atoms with Crippen LogP contribution in [0.15, 0.2) is 28.7 Å². The van der Waals surface area contributed by atoms with E-state index < -0.39 is 17.7 Å². The number of fused-ring (bicyclic) bond motifs is 1. The van der Waals surface area contributed by atoms with Gasteiger partial charge in [0.1, 0.15) is 5.58 Å². The van der Waals surface area contributed by atoms with E-state index in [9.17, 15) is 18.0 Å². The van der Waals surface area contributed by atoms with Gasteiger partial charge in [0, 0.05) is 5.39 Å². The number of benzene rings is 1. The Morgan fingerprint density at radius 2 is 2.00 bits per heavy atom. The number of esters is 1. The normalized spacial score (nSPS) is 11.8. The van der Waals surface area contributed by atoms with Crippen LogP contribution in [0.4, 0.5) is 13.2 Å². The maximum Gasteiger partial charge on any atom is 0.416 e. The molecule has 17 heavy (non-hydrogen) atoms. The molecular formula is C11H7F3O3. The van der Waals surface area contributed by atoms with Crippen LogP contribution in [-0.4, -0.2) is 13.1 Å². The van der Waals surface area contributed by atoms with Crippen molar-refractivity contribution in [3.63, 3.8) is 0 Å². The number of ether oxygens (including phenoxy) is 1. The second kappa shape index (κ2) is 3.80. The molecule has 0 unspecified atom stereocenters. The van der Waals surface area contributed by atoms with Crippen molar-refractivity contribution < 1.29 is 27.1 Å². The zero-order valence-electron chi connectivity index (χ0n) is 8.67. The van der Waals surface area contributed by atoms with Gasteiger partial charge in [-0.1, -0.05) is 0 Å². The fourth-order valence-electron chi connectivity index (χ4n) is 1.42. The van der Waals surface area contributed by atoms with Crippen LogP contribution in [0.5, 0.6) is 0 Å². The second-order valence-electron chi connectivity index (χ2n) is 3.35. The number of rotatable bonds is 1. The standard InChI is InChI=1S/C11H7F3O3/c1-16-10(15)9-5-6-4-7(11(12,13)14)2-3-8(6)17-9/h2-5H,1H3. The predicted octanol–water partition coefficient (Wildman–Crippen LogP) is 3.24. The lowest BCUT2D eigenvalue weighted by Crippen LogP contribution is -2.03. The minimum atomic E-state index is -4.42. The lowest BCUT2D eigenvalue weighted by Gasteiger charge is -2.04. The fourth-order valence-corrected chi connectivity index (χ4v) is 1.42. The lowest BCUT2D eigenvalue weighted by molar-refractivity contribution is -0.137.